The Kier molecular flexibility index (Phi) is 7.04. The summed E-state index contributed by atoms with van der Waals surface area (Å²) in [6.07, 6.45) is 8.43. The van der Waals surface area contributed by atoms with E-state index in [0.717, 1.165) is 29.4 Å². The van der Waals surface area contributed by atoms with Gasteiger partial charge in [-0.15, -0.1) is 0 Å². The van der Waals surface area contributed by atoms with Gasteiger partial charge in [-0.05, 0) is 47.4 Å². The Labute approximate surface area is 164 Å². The first-order chi connectivity index (χ1) is 13.7. The minimum atomic E-state index is -0.444. The fraction of sp³-hybridized carbons (Fsp3) is 0.174. The number of carbonyl (C=O) groups is 1. The van der Waals surface area contributed by atoms with E-state index >= 15 is 0 Å². The van der Waals surface area contributed by atoms with E-state index in [9.17, 15) is 4.79 Å². The zero-order valence-corrected chi connectivity index (χ0v) is 15.6. The lowest BCUT2D eigenvalue weighted by Crippen LogP contribution is -2.08. The van der Waals surface area contributed by atoms with Gasteiger partial charge in [0.2, 0.25) is 0 Å². The standard InChI is InChI=1S/C23H22N2O3/c1-2-23(26)28-15-14-27-17-18-10-12-21(13-11-18)24-25-22-9-5-8-20(16-22)19-6-3-4-7-19/h2-6,8-13,16H,1,7,14-15,17H2. The van der Waals surface area contributed by atoms with Crippen molar-refractivity contribution in [1.29, 1.82) is 0 Å². The van der Waals surface area contributed by atoms with Crippen LogP contribution in [0, 0.1) is 0 Å². The van der Waals surface area contributed by atoms with Crippen molar-refractivity contribution in [2.75, 3.05) is 13.2 Å². The Morgan fingerprint density at radius 3 is 2.64 bits per heavy atom. The third-order valence-corrected chi connectivity index (χ3v) is 4.11. The number of esters is 1. The zero-order chi connectivity index (χ0) is 19.6. The van der Waals surface area contributed by atoms with Crippen molar-refractivity contribution in [3.8, 4) is 0 Å². The van der Waals surface area contributed by atoms with Crippen LogP contribution in [0.2, 0.25) is 0 Å². The first-order valence-corrected chi connectivity index (χ1v) is 9.08. The molecule has 0 atom stereocenters. The summed E-state index contributed by atoms with van der Waals surface area (Å²) in [6.45, 7) is 4.32. The largest absolute Gasteiger partial charge is 0.460 e. The summed E-state index contributed by atoms with van der Waals surface area (Å²) in [6, 6.07) is 15.7. The highest BCUT2D eigenvalue weighted by Crippen LogP contribution is 2.27. The summed E-state index contributed by atoms with van der Waals surface area (Å²) in [5, 5.41) is 8.64. The molecule has 0 aromatic heterocycles. The van der Waals surface area contributed by atoms with Crippen LogP contribution in [0.3, 0.4) is 0 Å². The molecule has 0 aliphatic heterocycles. The highest BCUT2D eigenvalue weighted by atomic mass is 16.6. The predicted molar refractivity (Wildman–Crippen MR) is 110 cm³/mol. The molecule has 2 aromatic carbocycles. The minimum Gasteiger partial charge on any atom is -0.460 e. The lowest BCUT2D eigenvalue weighted by molar-refractivity contribution is -0.139. The topological polar surface area (TPSA) is 60.2 Å². The lowest BCUT2D eigenvalue weighted by Gasteiger charge is -2.05. The van der Waals surface area contributed by atoms with Gasteiger partial charge in [-0.1, -0.05) is 49.1 Å². The molecule has 28 heavy (non-hydrogen) atoms. The number of azo groups is 1. The first kappa shape index (κ1) is 19.5. The fourth-order valence-electron chi connectivity index (χ4n) is 2.65. The molecule has 5 heteroatoms. The molecule has 1 aliphatic rings. The van der Waals surface area contributed by atoms with Gasteiger partial charge in [-0.25, -0.2) is 4.79 Å². The molecule has 0 heterocycles. The smallest absolute Gasteiger partial charge is 0.330 e. The van der Waals surface area contributed by atoms with E-state index in [1.54, 1.807) is 0 Å². The normalized spacial score (nSPS) is 12.9. The van der Waals surface area contributed by atoms with Crippen LogP contribution in [0.15, 0.2) is 89.6 Å². The fourth-order valence-corrected chi connectivity index (χ4v) is 2.65. The number of benzene rings is 2. The second kappa shape index (κ2) is 10.1. The van der Waals surface area contributed by atoms with Crippen molar-refractivity contribution in [1.82, 2.24) is 0 Å². The molecule has 0 amide bonds. The summed E-state index contributed by atoms with van der Waals surface area (Å²) < 4.78 is 10.3. The highest BCUT2D eigenvalue weighted by molar-refractivity contribution is 5.81. The Morgan fingerprint density at radius 2 is 1.89 bits per heavy atom. The molecule has 1 aliphatic carbocycles. The van der Waals surface area contributed by atoms with Gasteiger partial charge < -0.3 is 9.47 Å². The Hall–Kier alpha value is -3.31. The van der Waals surface area contributed by atoms with E-state index in [1.165, 1.54) is 11.1 Å². The van der Waals surface area contributed by atoms with Crippen molar-refractivity contribution in [3.05, 3.63) is 90.5 Å². The Balaban J connectivity index is 1.49. The van der Waals surface area contributed by atoms with Crippen LogP contribution in [-0.4, -0.2) is 19.2 Å². The number of allylic oxidation sites excluding steroid dienone is 4. The van der Waals surface area contributed by atoms with E-state index in [4.69, 9.17) is 9.47 Å². The molecule has 0 saturated heterocycles. The van der Waals surface area contributed by atoms with E-state index in [-0.39, 0.29) is 6.61 Å². The van der Waals surface area contributed by atoms with Crippen LogP contribution in [-0.2, 0) is 20.9 Å². The number of hydrogen-bond acceptors (Lipinski definition) is 5. The zero-order valence-electron chi connectivity index (χ0n) is 15.6. The van der Waals surface area contributed by atoms with Crippen molar-refractivity contribution in [3.63, 3.8) is 0 Å². The maximum absolute atomic E-state index is 10.9. The summed E-state index contributed by atoms with van der Waals surface area (Å²) in [4.78, 5) is 10.9. The molecule has 2 aromatic rings. The number of ether oxygens (including phenoxy) is 2. The third kappa shape index (κ3) is 5.86. The van der Waals surface area contributed by atoms with E-state index < -0.39 is 5.97 Å². The van der Waals surface area contributed by atoms with Gasteiger partial charge >= 0.3 is 5.97 Å². The molecule has 0 saturated carbocycles. The highest BCUT2D eigenvalue weighted by Gasteiger charge is 2.03. The van der Waals surface area contributed by atoms with Crippen LogP contribution in [0.5, 0.6) is 0 Å². The van der Waals surface area contributed by atoms with Crippen molar-refractivity contribution < 1.29 is 14.3 Å². The minimum absolute atomic E-state index is 0.211. The molecule has 142 valence electrons. The molecule has 0 spiro atoms. The van der Waals surface area contributed by atoms with E-state index in [0.29, 0.717) is 13.2 Å². The maximum Gasteiger partial charge on any atom is 0.330 e. The summed E-state index contributed by atoms with van der Waals surface area (Å²) in [5.41, 5.74) is 5.08. The van der Waals surface area contributed by atoms with Crippen LogP contribution in [0.25, 0.3) is 5.57 Å². The Morgan fingerprint density at radius 1 is 1.07 bits per heavy atom. The van der Waals surface area contributed by atoms with Gasteiger partial charge in [-0.3, -0.25) is 0 Å². The quantitative estimate of drug-likeness (QED) is 0.245. The number of nitrogens with zero attached hydrogens (tertiary/aromatic N) is 2. The van der Waals surface area contributed by atoms with Crippen molar-refractivity contribution in [2.45, 2.75) is 13.0 Å². The van der Waals surface area contributed by atoms with Crippen LogP contribution >= 0.6 is 0 Å². The number of hydrogen-bond donors (Lipinski definition) is 0. The average molecular weight is 374 g/mol. The Bertz CT molecular complexity index is 912. The van der Waals surface area contributed by atoms with Crippen molar-refractivity contribution in [2.24, 2.45) is 10.2 Å². The molecule has 0 fully saturated rings. The molecule has 0 unspecified atom stereocenters. The second-order valence-electron chi connectivity index (χ2n) is 6.17. The SMILES string of the molecule is C=CC(=O)OCCOCc1ccc(N=Nc2cccc(C3=CC=CC3)c2)cc1. The number of carbonyl (C=O) groups excluding carboxylic acids is 1. The van der Waals surface area contributed by atoms with Gasteiger partial charge in [0.05, 0.1) is 24.6 Å². The second-order valence-corrected chi connectivity index (χ2v) is 6.17. The summed E-state index contributed by atoms with van der Waals surface area (Å²) >= 11 is 0. The van der Waals surface area contributed by atoms with Gasteiger partial charge in [-0.2, -0.15) is 10.2 Å². The van der Waals surface area contributed by atoms with Crippen LogP contribution in [0.1, 0.15) is 17.5 Å². The van der Waals surface area contributed by atoms with E-state index in [2.05, 4.69) is 41.1 Å². The van der Waals surface area contributed by atoms with E-state index in [1.807, 2.05) is 42.5 Å². The molecule has 3 rings (SSSR count). The predicted octanol–water partition coefficient (Wildman–Crippen LogP) is 5.69. The molecular formula is C23H22N2O3. The van der Waals surface area contributed by atoms with Gasteiger partial charge in [0.15, 0.2) is 0 Å². The molecule has 0 N–H and O–H groups in total. The van der Waals surface area contributed by atoms with Crippen molar-refractivity contribution >= 4 is 22.9 Å². The molecule has 0 radical (unpaired) electrons. The molecule has 0 bridgehead atoms. The molecular weight excluding hydrogens is 352 g/mol. The van der Waals surface area contributed by atoms with Gasteiger partial charge in [0.25, 0.3) is 0 Å². The summed E-state index contributed by atoms with van der Waals surface area (Å²) in [5.74, 6) is -0.444. The van der Waals surface area contributed by atoms with Crippen LogP contribution < -0.4 is 0 Å². The van der Waals surface area contributed by atoms with Gasteiger partial charge in [0, 0.05) is 6.08 Å². The average Bonchev–Trinajstić information content (AvgIpc) is 3.28. The molecule has 5 nitrogen and oxygen atoms in total. The lowest BCUT2D eigenvalue weighted by atomic mass is 10.1. The maximum atomic E-state index is 10.9. The first-order valence-electron chi connectivity index (χ1n) is 9.08. The van der Waals surface area contributed by atoms with Gasteiger partial charge in [0.1, 0.15) is 6.61 Å². The number of rotatable bonds is 9. The third-order valence-electron chi connectivity index (χ3n) is 4.11. The monoisotopic (exact) mass is 374 g/mol. The van der Waals surface area contributed by atoms with Crippen LogP contribution in [0.4, 0.5) is 11.4 Å². The summed E-state index contributed by atoms with van der Waals surface area (Å²) in [7, 11) is 0.